The van der Waals surface area contributed by atoms with Crippen molar-refractivity contribution < 1.29 is 0 Å². The van der Waals surface area contributed by atoms with E-state index in [0.29, 0.717) is 5.41 Å². The molecule has 0 unspecified atom stereocenters. The Labute approximate surface area is 177 Å². The number of hydrogen-bond acceptors (Lipinski definition) is 0. The molecule has 3 aliphatic carbocycles. The minimum Gasteiger partial charge on any atom is -0.0666 e. The van der Waals surface area contributed by atoms with E-state index in [2.05, 4.69) is 88.4 Å². The van der Waals surface area contributed by atoms with Crippen molar-refractivity contribution in [3.8, 4) is 0 Å². The fourth-order valence-electron chi connectivity index (χ4n) is 5.81. The summed E-state index contributed by atoms with van der Waals surface area (Å²) in [6.45, 7) is 9.79. The first-order valence-corrected chi connectivity index (χ1v) is 12.9. The van der Waals surface area contributed by atoms with Gasteiger partial charge in [-0.15, -0.1) is 0 Å². The monoisotopic (exact) mass is 396 g/mol. The molecule has 0 N–H and O–H groups in total. The van der Waals surface area contributed by atoms with Crippen LogP contribution in [0.25, 0.3) is 11.6 Å². The SMILES string of the molecule is CC1(C)CCC2=C3C(=c4ccccc4=CC3(C)C)C(C[SiH2]c3ccccc3)=C2C1. The Kier molecular flexibility index (Phi) is 4.36. The van der Waals surface area contributed by atoms with E-state index in [1.807, 2.05) is 0 Å². The van der Waals surface area contributed by atoms with Gasteiger partial charge in [0.25, 0.3) is 0 Å². The smallest absolute Gasteiger partial charge is 0.0591 e. The van der Waals surface area contributed by atoms with Crippen LogP contribution in [-0.4, -0.2) is 9.52 Å². The molecule has 0 spiro atoms. The van der Waals surface area contributed by atoms with Crippen LogP contribution in [0.4, 0.5) is 0 Å². The summed E-state index contributed by atoms with van der Waals surface area (Å²) in [5.74, 6) is 0. The lowest BCUT2D eigenvalue weighted by Crippen LogP contribution is -2.36. The third-order valence-electron chi connectivity index (χ3n) is 7.19. The van der Waals surface area contributed by atoms with Gasteiger partial charge in [0, 0.05) is 5.41 Å². The Morgan fingerprint density at radius 2 is 1.59 bits per heavy atom. The van der Waals surface area contributed by atoms with Gasteiger partial charge < -0.3 is 0 Å². The summed E-state index contributed by atoms with van der Waals surface area (Å²) in [6, 6.07) is 21.6. The van der Waals surface area contributed by atoms with Crippen LogP contribution in [-0.2, 0) is 0 Å². The van der Waals surface area contributed by atoms with E-state index in [-0.39, 0.29) is 14.9 Å². The summed E-state index contributed by atoms with van der Waals surface area (Å²) in [6.07, 6.45) is 6.32. The van der Waals surface area contributed by atoms with E-state index < -0.39 is 0 Å². The lowest BCUT2D eigenvalue weighted by molar-refractivity contribution is 0.312. The first-order chi connectivity index (χ1) is 13.9. The van der Waals surface area contributed by atoms with E-state index in [0.717, 1.165) is 0 Å². The molecule has 3 aliphatic rings. The highest BCUT2D eigenvalue weighted by atomic mass is 28.2. The van der Waals surface area contributed by atoms with Crippen molar-refractivity contribution >= 4 is 26.4 Å². The van der Waals surface area contributed by atoms with Crippen molar-refractivity contribution in [2.24, 2.45) is 10.8 Å². The number of benzene rings is 2. The summed E-state index contributed by atoms with van der Waals surface area (Å²) >= 11 is 0. The highest BCUT2D eigenvalue weighted by molar-refractivity contribution is 6.54. The molecule has 0 bridgehead atoms. The fourth-order valence-corrected chi connectivity index (χ4v) is 7.51. The Morgan fingerprint density at radius 3 is 2.38 bits per heavy atom. The quantitative estimate of drug-likeness (QED) is 0.675. The molecule has 0 amide bonds. The van der Waals surface area contributed by atoms with Crippen LogP contribution in [0.3, 0.4) is 0 Å². The molecular weight excluding hydrogens is 364 g/mol. The van der Waals surface area contributed by atoms with Crippen LogP contribution >= 0.6 is 0 Å². The van der Waals surface area contributed by atoms with Gasteiger partial charge in [0.05, 0.1) is 9.52 Å². The van der Waals surface area contributed by atoms with Crippen molar-refractivity contribution in [1.29, 1.82) is 0 Å². The average molecular weight is 397 g/mol. The molecule has 2 aromatic carbocycles. The summed E-state index contributed by atoms with van der Waals surface area (Å²) in [4.78, 5) is 0. The average Bonchev–Trinajstić information content (AvgIpc) is 3.00. The van der Waals surface area contributed by atoms with Crippen molar-refractivity contribution in [3.63, 3.8) is 0 Å². The zero-order valence-corrected chi connectivity index (χ0v) is 19.7. The molecule has 5 rings (SSSR count). The second-order valence-corrected chi connectivity index (χ2v) is 12.3. The Bertz CT molecular complexity index is 1160. The molecule has 0 atom stereocenters. The summed E-state index contributed by atoms with van der Waals surface area (Å²) in [5, 5.41) is 4.49. The maximum absolute atomic E-state index is 2.52. The summed E-state index contributed by atoms with van der Waals surface area (Å²) in [5.41, 5.74) is 8.91. The minimum atomic E-state index is -0.324. The highest BCUT2D eigenvalue weighted by Crippen LogP contribution is 2.56. The van der Waals surface area contributed by atoms with Gasteiger partial charge in [0.1, 0.15) is 0 Å². The topological polar surface area (TPSA) is 0 Å². The molecule has 0 aliphatic heterocycles. The Hall–Kier alpha value is -2.12. The van der Waals surface area contributed by atoms with E-state index in [9.17, 15) is 0 Å². The second-order valence-electron chi connectivity index (χ2n) is 10.5. The van der Waals surface area contributed by atoms with Gasteiger partial charge in [0.15, 0.2) is 0 Å². The molecule has 1 heteroatoms. The number of rotatable bonds is 3. The van der Waals surface area contributed by atoms with E-state index in [1.54, 1.807) is 33.1 Å². The lowest BCUT2D eigenvalue weighted by atomic mass is 9.70. The van der Waals surface area contributed by atoms with Crippen molar-refractivity contribution in [2.45, 2.75) is 53.0 Å². The van der Waals surface area contributed by atoms with E-state index in [4.69, 9.17) is 0 Å². The standard InChI is InChI=1S/C28H32Si/c1-27(2)15-14-22-23(17-27)24(18-29-20-11-6-5-7-12-20)25-21-13-9-8-10-19(21)16-28(3,4)26(22)25/h5-13,16H,14-15,17-18,29H2,1-4H3. The highest BCUT2D eigenvalue weighted by Gasteiger charge is 2.41. The Balaban J connectivity index is 1.72. The molecule has 0 saturated heterocycles. The van der Waals surface area contributed by atoms with Gasteiger partial charge in [-0.2, -0.15) is 0 Å². The lowest BCUT2D eigenvalue weighted by Gasteiger charge is -2.35. The van der Waals surface area contributed by atoms with Crippen LogP contribution in [0, 0.1) is 10.8 Å². The molecule has 0 nitrogen and oxygen atoms in total. The maximum Gasteiger partial charge on any atom is 0.0591 e. The first kappa shape index (κ1) is 18.9. The molecule has 148 valence electrons. The van der Waals surface area contributed by atoms with Crippen molar-refractivity contribution in [2.75, 3.05) is 0 Å². The molecule has 29 heavy (non-hydrogen) atoms. The summed E-state index contributed by atoms with van der Waals surface area (Å²) < 4.78 is 0. The largest absolute Gasteiger partial charge is 0.0666 e. The minimum absolute atomic E-state index is 0.113. The van der Waals surface area contributed by atoms with Crippen LogP contribution in [0.2, 0.25) is 6.04 Å². The molecule has 0 aromatic heterocycles. The fraction of sp³-hybridized carbons (Fsp3) is 0.357. The van der Waals surface area contributed by atoms with Crippen LogP contribution < -0.4 is 15.6 Å². The molecule has 0 heterocycles. The van der Waals surface area contributed by atoms with Gasteiger partial charge in [-0.25, -0.2) is 0 Å². The number of hydrogen-bond donors (Lipinski definition) is 0. The van der Waals surface area contributed by atoms with E-state index >= 15 is 0 Å². The number of fused-ring (bicyclic) bond motifs is 3. The Morgan fingerprint density at radius 1 is 0.862 bits per heavy atom. The molecule has 2 aromatic rings. The van der Waals surface area contributed by atoms with Crippen LogP contribution in [0.1, 0.15) is 47.0 Å². The predicted octanol–water partition coefficient (Wildman–Crippen LogP) is 4.39. The molecule has 0 radical (unpaired) electrons. The van der Waals surface area contributed by atoms with Gasteiger partial charge in [0.2, 0.25) is 0 Å². The summed E-state index contributed by atoms with van der Waals surface area (Å²) in [7, 11) is -0.324. The predicted molar refractivity (Wildman–Crippen MR) is 128 cm³/mol. The van der Waals surface area contributed by atoms with Crippen molar-refractivity contribution in [1.82, 2.24) is 0 Å². The van der Waals surface area contributed by atoms with Gasteiger partial charge in [-0.1, -0.05) is 93.6 Å². The zero-order chi connectivity index (χ0) is 20.2. The molecule has 1 fully saturated rings. The maximum atomic E-state index is 2.52. The van der Waals surface area contributed by atoms with E-state index in [1.165, 1.54) is 35.7 Å². The molecular formula is C28H32Si. The second kappa shape index (κ2) is 6.70. The number of allylic oxidation sites excluding steroid dienone is 4. The van der Waals surface area contributed by atoms with Crippen molar-refractivity contribution in [3.05, 3.63) is 87.3 Å². The normalized spacial score (nSPS) is 21.9. The van der Waals surface area contributed by atoms with Gasteiger partial charge in [-0.3, -0.25) is 0 Å². The van der Waals surface area contributed by atoms with Crippen LogP contribution in [0.5, 0.6) is 0 Å². The zero-order valence-electron chi connectivity index (χ0n) is 18.3. The van der Waals surface area contributed by atoms with Gasteiger partial charge in [-0.05, 0) is 69.0 Å². The molecule has 1 saturated carbocycles. The third-order valence-corrected chi connectivity index (χ3v) is 8.99. The van der Waals surface area contributed by atoms with Gasteiger partial charge >= 0.3 is 0 Å². The first-order valence-electron chi connectivity index (χ1n) is 11.2. The third kappa shape index (κ3) is 3.20. The van der Waals surface area contributed by atoms with Crippen LogP contribution in [0.15, 0.2) is 76.9 Å².